The van der Waals surface area contributed by atoms with Crippen LogP contribution in [0, 0.1) is 0 Å². The van der Waals surface area contributed by atoms with E-state index < -0.39 is 0 Å². The average Bonchev–Trinajstić information content (AvgIpc) is 3.13. The fourth-order valence-electron chi connectivity index (χ4n) is 4.80. The molecule has 0 spiro atoms. The highest BCUT2D eigenvalue weighted by Crippen LogP contribution is 2.11. The summed E-state index contributed by atoms with van der Waals surface area (Å²) in [7, 11) is 0. The molecule has 50 heavy (non-hydrogen) atoms. The number of hydrogen-bond acceptors (Lipinski definition) is 11. The Labute approximate surface area is 307 Å². The van der Waals surface area contributed by atoms with Gasteiger partial charge in [-0.25, -0.2) is 0 Å². The monoisotopic (exact) mass is 725 g/mol. The highest BCUT2D eigenvalue weighted by atomic mass is 16.6. The Morgan fingerprint density at radius 1 is 0.160 bits per heavy atom. The van der Waals surface area contributed by atoms with Crippen molar-refractivity contribution in [3.8, 4) is 0 Å². The molecule has 0 N–H and O–H groups in total. The minimum Gasteiger partial charge on any atom is -0.379 e. The van der Waals surface area contributed by atoms with Gasteiger partial charge in [-0.05, 0) is 12.8 Å². The maximum absolute atomic E-state index is 5.66. The van der Waals surface area contributed by atoms with E-state index in [2.05, 4.69) is 13.8 Å². The molecule has 0 bridgehead atoms. The number of hydrogen-bond donors (Lipinski definition) is 0. The van der Waals surface area contributed by atoms with E-state index in [0.29, 0.717) is 132 Å². The zero-order chi connectivity index (χ0) is 35.9. The highest BCUT2D eigenvalue weighted by Gasteiger charge is 1.98. The molecule has 0 aromatic carbocycles. The van der Waals surface area contributed by atoms with Crippen LogP contribution in [0.4, 0.5) is 0 Å². The van der Waals surface area contributed by atoms with Gasteiger partial charge in [-0.2, -0.15) is 0 Å². The van der Waals surface area contributed by atoms with Gasteiger partial charge in [0.05, 0.1) is 132 Å². The van der Waals surface area contributed by atoms with Crippen molar-refractivity contribution < 1.29 is 52.1 Å². The van der Waals surface area contributed by atoms with Gasteiger partial charge in [0.2, 0.25) is 0 Å². The number of rotatable bonds is 47. The van der Waals surface area contributed by atoms with Crippen LogP contribution in [0.15, 0.2) is 0 Å². The Bertz CT molecular complexity index is 526. The third-order valence-corrected chi connectivity index (χ3v) is 7.75. The SMILES string of the molecule is CCCCCCCCCCCCCOCCOCCOCCOCCOCCOCCOCCOCCOCCOCCOCCCCCC. The molecule has 11 heteroatoms. The van der Waals surface area contributed by atoms with Crippen molar-refractivity contribution in [3.63, 3.8) is 0 Å². The van der Waals surface area contributed by atoms with E-state index in [1.54, 1.807) is 0 Å². The molecule has 0 unspecified atom stereocenters. The Balaban J connectivity index is 3.04. The number of ether oxygens (including phenoxy) is 11. The van der Waals surface area contributed by atoms with Crippen molar-refractivity contribution in [1.29, 1.82) is 0 Å². The lowest BCUT2D eigenvalue weighted by Crippen LogP contribution is -2.15. The van der Waals surface area contributed by atoms with E-state index in [1.165, 1.54) is 83.5 Å². The van der Waals surface area contributed by atoms with Gasteiger partial charge < -0.3 is 52.1 Å². The van der Waals surface area contributed by atoms with Crippen molar-refractivity contribution in [1.82, 2.24) is 0 Å². The molecule has 0 amide bonds. The van der Waals surface area contributed by atoms with Gasteiger partial charge in [-0.15, -0.1) is 0 Å². The van der Waals surface area contributed by atoms with Crippen LogP contribution in [-0.2, 0) is 52.1 Å². The van der Waals surface area contributed by atoms with Gasteiger partial charge in [0.15, 0.2) is 0 Å². The number of unbranched alkanes of at least 4 members (excludes halogenated alkanes) is 13. The normalized spacial score (nSPS) is 11.6. The lowest BCUT2D eigenvalue weighted by Gasteiger charge is -2.09. The van der Waals surface area contributed by atoms with Crippen molar-refractivity contribution in [2.24, 2.45) is 0 Å². The predicted molar refractivity (Wildman–Crippen MR) is 200 cm³/mol. The smallest absolute Gasteiger partial charge is 0.0701 e. The summed E-state index contributed by atoms with van der Waals surface area (Å²) in [6, 6.07) is 0. The molecule has 0 aliphatic heterocycles. The molecule has 0 aliphatic carbocycles. The van der Waals surface area contributed by atoms with E-state index in [9.17, 15) is 0 Å². The van der Waals surface area contributed by atoms with Gasteiger partial charge in [0.25, 0.3) is 0 Å². The lowest BCUT2D eigenvalue weighted by molar-refractivity contribution is -0.0275. The first-order valence-electron chi connectivity index (χ1n) is 20.3. The summed E-state index contributed by atoms with van der Waals surface area (Å²) >= 11 is 0. The van der Waals surface area contributed by atoms with E-state index in [0.717, 1.165) is 26.1 Å². The van der Waals surface area contributed by atoms with Crippen molar-refractivity contribution in [2.45, 2.75) is 110 Å². The quantitative estimate of drug-likeness (QED) is 0.0603. The van der Waals surface area contributed by atoms with Crippen molar-refractivity contribution >= 4 is 0 Å². The van der Waals surface area contributed by atoms with Gasteiger partial charge >= 0.3 is 0 Å². The summed E-state index contributed by atoms with van der Waals surface area (Å²) in [6.07, 6.45) is 19.8. The first-order chi connectivity index (χ1) is 24.9. The Hall–Kier alpha value is -0.440. The van der Waals surface area contributed by atoms with Crippen LogP contribution in [-0.4, -0.2) is 145 Å². The second-order valence-corrected chi connectivity index (χ2v) is 12.3. The topological polar surface area (TPSA) is 102 Å². The zero-order valence-electron chi connectivity index (χ0n) is 32.7. The molecule has 0 atom stereocenters. The third-order valence-electron chi connectivity index (χ3n) is 7.75. The Kier molecular flexibility index (Phi) is 48.1. The van der Waals surface area contributed by atoms with Crippen molar-refractivity contribution in [3.05, 3.63) is 0 Å². The molecule has 302 valence electrons. The fourth-order valence-corrected chi connectivity index (χ4v) is 4.80. The molecule has 0 aromatic heterocycles. The second kappa shape index (κ2) is 48.6. The minimum absolute atomic E-state index is 0.528. The molecule has 0 rings (SSSR count). The molecule has 0 saturated heterocycles. The van der Waals surface area contributed by atoms with E-state index >= 15 is 0 Å². The molecular formula is C39H80O11. The summed E-state index contributed by atoms with van der Waals surface area (Å²) in [5, 5.41) is 0. The summed E-state index contributed by atoms with van der Waals surface area (Å²) in [5.41, 5.74) is 0. The molecule has 0 saturated carbocycles. The van der Waals surface area contributed by atoms with Gasteiger partial charge in [0, 0.05) is 13.2 Å². The van der Waals surface area contributed by atoms with Crippen LogP contribution >= 0.6 is 0 Å². The summed E-state index contributed by atoms with van der Waals surface area (Å²) in [6.45, 7) is 17.4. The van der Waals surface area contributed by atoms with Crippen LogP contribution in [0.1, 0.15) is 110 Å². The zero-order valence-corrected chi connectivity index (χ0v) is 32.7. The van der Waals surface area contributed by atoms with Crippen LogP contribution in [0.25, 0.3) is 0 Å². The van der Waals surface area contributed by atoms with E-state index in [1.807, 2.05) is 0 Å². The molecule has 0 fully saturated rings. The first-order valence-corrected chi connectivity index (χ1v) is 20.3. The molecule has 0 radical (unpaired) electrons. The largest absolute Gasteiger partial charge is 0.379 e. The summed E-state index contributed by atoms with van der Waals surface area (Å²) in [4.78, 5) is 0. The van der Waals surface area contributed by atoms with Crippen LogP contribution < -0.4 is 0 Å². The maximum Gasteiger partial charge on any atom is 0.0701 e. The third kappa shape index (κ3) is 47.6. The molecule has 0 aromatic rings. The van der Waals surface area contributed by atoms with Crippen molar-refractivity contribution in [2.75, 3.05) is 145 Å². The highest BCUT2D eigenvalue weighted by molar-refractivity contribution is 4.48. The summed E-state index contributed by atoms with van der Waals surface area (Å²) in [5.74, 6) is 0. The fraction of sp³-hybridized carbons (Fsp3) is 1.00. The molecular weight excluding hydrogens is 644 g/mol. The van der Waals surface area contributed by atoms with E-state index in [-0.39, 0.29) is 0 Å². The Morgan fingerprint density at radius 3 is 0.500 bits per heavy atom. The predicted octanol–water partition coefficient (Wildman–Crippen LogP) is 7.06. The molecule has 11 nitrogen and oxygen atoms in total. The van der Waals surface area contributed by atoms with Gasteiger partial charge in [-0.3, -0.25) is 0 Å². The van der Waals surface area contributed by atoms with Gasteiger partial charge in [0.1, 0.15) is 0 Å². The van der Waals surface area contributed by atoms with E-state index in [4.69, 9.17) is 52.1 Å². The first kappa shape index (κ1) is 49.6. The molecule has 0 aliphatic rings. The Morgan fingerprint density at radius 2 is 0.300 bits per heavy atom. The van der Waals surface area contributed by atoms with Crippen LogP contribution in [0.2, 0.25) is 0 Å². The second-order valence-electron chi connectivity index (χ2n) is 12.3. The maximum atomic E-state index is 5.66. The van der Waals surface area contributed by atoms with Crippen LogP contribution in [0.3, 0.4) is 0 Å². The summed E-state index contributed by atoms with van der Waals surface area (Å²) < 4.78 is 60.8. The minimum atomic E-state index is 0.528. The standard InChI is InChI=1S/C39H80O11/c1-3-5-7-9-10-11-12-13-14-15-17-19-41-21-23-43-25-27-45-29-31-47-33-35-49-37-39-50-38-36-48-34-32-46-30-28-44-26-24-42-22-20-40-18-16-8-6-4-2/h3-39H2,1-2H3. The average molecular weight is 725 g/mol. The van der Waals surface area contributed by atoms with Crippen LogP contribution in [0.5, 0.6) is 0 Å². The molecule has 0 heterocycles. The lowest BCUT2D eigenvalue weighted by atomic mass is 10.1. The van der Waals surface area contributed by atoms with Gasteiger partial charge in [-0.1, -0.05) is 97.3 Å².